The Morgan fingerprint density at radius 1 is 0.951 bits per heavy atom. The van der Waals surface area contributed by atoms with Gasteiger partial charge < -0.3 is 44.9 Å². The van der Waals surface area contributed by atoms with E-state index >= 15 is 4.39 Å². The predicted octanol–water partition coefficient (Wildman–Crippen LogP) is 7.34. The van der Waals surface area contributed by atoms with Crippen molar-refractivity contribution in [2.45, 2.75) is 128 Å². The molecular formula is C61H68FN13O7. The highest BCUT2D eigenvalue weighted by Gasteiger charge is 2.44. The van der Waals surface area contributed by atoms with Gasteiger partial charge in [0.15, 0.2) is 5.75 Å². The fourth-order valence-corrected chi connectivity index (χ4v) is 12.7. The highest BCUT2D eigenvalue weighted by Crippen LogP contribution is 2.53. The van der Waals surface area contributed by atoms with Crippen LogP contribution in [0.4, 0.5) is 10.2 Å². The summed E-state index contributed by atoms with van der Waals surface area (Å²) < 4.78 is 39.1. The molecule has 5 N–H and O–H groups in total. The maximum absolute atomic E-state index is 16.2. The number of aryl methyl sites for hydroxylation is 1. The summed E-state index contributed by atoms with van der Waals surface area (Å²) in [5, 5.41) is 50.4. The zero-order valence-electron chi connectivity index (χ0n) is 46.5. The maximum Gasteiger partial charge on any atom is 0.319 e. The fourth-order valence-electron chi connectivity index (χ4n) is 12.7. The van der Waals surface area contributed by atoms with Gasteiger partial charge in [0.2, 0.25) is 11.8 Å². The molecule has 4 aromatic carbocycles. The lowest BCUT2D eigenvalue weighted by molar-refractivity contribution is -0.142. The predicted molar refractivity (Wildman–Crippen MR) is 304 cm³/mol. The third-order valence-electron chi connectivity index (χ3n) is 17.2. The molecular weight excluding hydrogens is 1050 g/mol. The molecule has 4 aromatic heterocycles. The van der Waals surface area contributed by atoms with E-state index < -0.39 is 30.1 Å². The highest BCUT2D eigenvalue weighted by atomic mass is 19.1. The Kier molecular flexibility index (Phi) is 14.4. The number of hydrogen-bond acceptors (Lipinski definition) is 15. The van der Waals surface area contributed by atoms with Crippen molar-refractivity contribution in [3.63, 3.8) is 0 Å². The van der Waals surface area contributed by atoms with Crippen LogP contribution in [0, 0.1) is 18.7 Å². The van der Waals surface area contributed by atoms with Crippen LogP contribution in [-0.2, 0) is 27.5 Å². The van der Waals surface area contributed by atoms with Gasteiger partial charge in [0.05, 0.1) is 55.6 Å². The molecule has 0 spiro atoms. The molecule has 1 saturated carbocycles. The zero-order valence-corrected chi connectivity index (χ0v) is 46.5. The summed E-state index contributed by atoms with van der Waals surface area (Å²) in [5.41, 5.74) is 8.94. The van der Waals surface area contributed by atoms with Crippen molar-refractivity contribution < 1.29 is 38.4 Å². The van der Waals surface area contributed by atoms with Crippen LogP contribution in [0.15, 0.2) is 85.3 Å². The quantitative estimate of drug-likeness (QED) is 0.0566. The number of carbonyl (C=O) groups excluding carboxylic acids is 2. The number of piperazine rings is 1. The molecule has 2 bridgehead atoms. The number of H-pyrrole nitrogens is 1. The number of likely N-dealkylation sites (tertiary alicyclic amines) is 1. The fraction of sp³-hybridized carbons (Fsp3) is 0.443. The monoisotopic (exact) mass is 1110 g/mol. The lowest BCUT2D eigenvalue weighted by Gasteiger charge is -2.31. The lowest BCUT2D eigenvalue weighted by atomic mass is 9.88. The SMILES string of the molecule is CCn1nccc1-c1ccc(C(CO)NC(=O)[C@@H]2C[C@@H](O)CN2C(=O)C(C(C)C)n2cc(-c3ccc(COc4c(-c5c(C)c(F)cc6[nH]ncc56)c(C5CC5)cc5c(N6C[C@@H]7C[C@H]6CN7)nc(OC6CCOCC6)nc45)cc3)nn2)cc1. The molecule has 20 nitrogen and oxygen atoms in total. The van der Waals surface area contributed by atoms with Crippen molar-refractivity contribution in [1.29, 1.82) is 0 Å². The molecule has 2 amide bonds. The van der Waals surface area contributed by atoms with E-state index in [1.165, 1.54) is 15.6 Å². The van der Waals surface area contributed by atoms with Gasteiger partial charge in [-0.25, -0.2) is 9.07 Å². The molecule has 426 valence electrons. The molecule has 6 atom stereocenters. The first-order chi connectivity index (χ1) is 39.9. The number of rotatable bonds is 18. The van der Waals surface area contributed by atoms with E-state index in [4.69, 9.17) is 24.2 Å². The van der Waals surface area contributed by atoms with E-state index in [0.29, 0.717) is 65.0 Å². The minimum atomic E-state index is -0.983. The third-order valence-corrected chi connectivity index (χ3v) is 17.2. The summed E-state index contributed by atoms with van der Waals surface area (Å²) in [7, 11) is 0. The number of anilines is 1. The van der Waals surface area contributed by atoms with Crippen LogP contribution in [0.5, 0.6) is 11.8 Å². The number of fused-ring (bicyclic) bond motifs is 4. The van der Waals surface area contributed by atoms with Crippen molar-refractivity contribution in [3.05, 3.63) is 113 Å². The average Bonchev–Trinajstić information content (AvgIpc) is 4.06. The summed E-state index contributed by atoms with van der Waals surface area (Å²) in [5.74, 6) is 0.0765. The van der Waals surface area contributed by atoms with Crippen molar-refractivity contribution in [3.8, 4) is 45.4 Å². The number of ether oxygens (including phenoxy) is 3. The van der Waals surface area contributed by atoms with Gasteiger partial charge in [-0.15, -0.1) is 5.10 Å². The summed E-state index contributed by atoms with van der Waals surface area (Å²) in [6, 6.07) is 19.3. The Morgan fingerprint density at radius 3 is 2.46 bits per heavy atom. The number of β-amino-alcohol motifs (C(OH)–C–C–N with tert-alkyl or cyclic N) is 1. The minimum Gasteiger partial charge on any atom is -0.486 e. The molecule has 2 unspecified atom stereocenters. The van der Waals surface area contributed by atoms with Crippen molar-refractivity contribution >= 4 is 39.4 Å². The Morgan fingerprint density at radius 2 is 1.74 bits per heavy atom. The van der Waals surface area contributed by atoms with Crippen molar-refractivity contribution in [2.24, 2.45) is 5.92 Å². The van der Waals surface area contributed by atoms with Gasteiger partial charge in [0, 0.05) is 91.2 Å². The van der Waals surface area contributed by atoms with Crippen molar-refractivity contribution in [1.82, 2.24) is 60.5 Å². The number of halogens is 1. The molecule has 4 aliphatic heterocycles. The summed E-state index contributed by atoms with van der Waals surface area (Å²) in [4.78, 5) is 43.0. The standard InChI is InChI=1S/C61H68FN13O7/c1-5-74-51(16-19-65-74)39-14-12-38(13-15-39)50(31-76)66-59(78)52-23-42(77)29-73(52)60(79)56(33(2)3)75-30-49(70-71-75)37-8-6-35(7-9-37)32-81-57-54(53-34(4)47(62)25-48-46(53)27-64-69-48)44(36-10-11-36)24-45-55(57)67-61(82-43-17-20-80-21-18-43)68-58(45)72-28-40-22-41(72)26-63-40/h6-9,12-16,19,24-25,27,30,33,36,40-43,50,52,56,63,76-77H,5,10-11,17-18,20-23,26,28-29,31-32H2,1-4H3,(H,64,69)(H,66,78)/t40-,41-,42+,50?,52-,56?/m0/s1. The third kappa shape index (κ3) is 10.1. The normalized spacial score (nSPS) is 20.8. The molecule has 82 heavy (non-hydrogen) atoms. The van der Waals surface area contributed by atoms with Crippen LogP contribution in [-0.4, -0.2) is 142 Å². The van der Waals surface area contributed by atoms with Gasteiger partial charge in [-0.1, -0.05) is 67.6 Å². The van der Waals surface area contributed by atoms with Gasteiger partial charge in [-0.05, 0) is 91.0 Å². The minimum absolute atomic E-state index is 0.0388. The number of nitrogens with one attached hydrogen (secondary N) is 3. The van der Waals surface area contributed by atoms with Gasteiger partial charge in [-0.3, -0.25) is 19.4 Å². The Hall–Kier alpha value is -7.85. The zero-order chi connectivity index (χ0) is 56.3. The molecule has 8 heterocycles. The smallest absolute Gasteiger partial charge is 0.319 e. The molecule has 5 fully saturated rings. The molecule has 8 aromatic rings. The molecule has 21 heteroatoms. The number of benzene rings is 4. The summed E-state index contributed by atoms with van der Waals surface area (Å²) >= 11 is 0. The largest absolute Gasteiger partial charge is 0.486 e. The molecule has 1 aliphatic carbocycles. The highest BCUT2D eigenvalue weighted by molar-refractivity contribution is 6.06. The average molecular weight is 1110 g/mol. The van der Waals surface area contributed by atoms with Gasteiger partial charge in [-0.2, -0.15) is 20.2 Å². The van der Waals surface area contributed by atoms with E-state index in [1.54, 1.807) is 18.6 Å². The lowest BCUT2D eigenvalue weighted by Crippen LogP contribution is -2.50. The first-order valence-electron chi connectivity index (χ1n) is 28.8. The van der Waals surface area contributed by atoms with E-state index in [0.717, 1.165) is 95.3 Å². The van der Waals surface area contributed by atoms with Crippen molar-refractivity contribution in [2.75, 3.05) is 44.4 Å². The number of carbonyl (C=O) groups is 2. The summed E-state index contributed by atoms with van der Waals surface area (Å²) in [6.07, 6.45) is 8.65. The number of aliphatic hydroxyl groups excluding tert-OH is 2. The topological polar surface area (TPSA) is 236 Å². The van der Waals surface area contributed by atoms with Crippen LogP contribution in [0.25, 0.3) is 55.4 Å². The van der Waals surface area contributed by atoms with Crippen LogP contribution in [0.1, 0.15) is 99.6 Å². The number of nitrogens with zero attached hydrogens (tertiary/aromatic N) is 10. The molecule has 0 radical (unpaired) electrons. The van der Waals surface area contributed by atoms with Gasteiger partial charge >= 0.3 is 6.01 Å². The second-order valence-electron chi connectivity index (χ2n) is 23.0. The summed E-state index contributed by atoms with van der Waals surface area (Å²) in [6.45, 7) is 10.9. The molecule has 5 aliphatic rings. The second-order valence-corrected chi connectivity index (χ2v) is 23.0. The number of aromatic amines is 1. The number of aliphatic hydroxyl groups is 2. The number of hydrogen-bond donors (Lipinski definition) is 5. The molecule has 4 saturated heterocycles. The van der Waals surface area contributed by atoms with Crippen LogP contribution >= 0.6 is 0 Å². The number of amides is 2. The van der Waals surface area contributed by atoms with Gasteiger partial charge in [0.25, 0.3) is 0 Å². The van der Waals surface area contributed by atoms with E-state index in [-0.39, 0.29) is 67.9 Å². The second kappa shape index (κ2) is 22.1. The first kappa shape index (κ1) is 53.5. The Bertz CT molecular complexity index is 3670. The Balaban J connectivity index is 0.780. The van der Waals surface area contributed by atoms with Gasteiger partial charge in [0.1, 0.15) is 47.6 Å². The van der Waals surface area contributed by atoms with Crippen LogP contribution in [0.2, 0.25) is 0 Å². The van der Waals surface area contributed by atoms with Crippen LogP contribution in [0.3, 0.4) is 0 Å². The van der Waals surface area contributed by atoms with E-state index in [9.17, 15) is 19.8 Å². The van der Waals surface area contributed by atoms with E-state index in [2.05, 4.69) is 47.2 Å². The van der Waals surface area contributed by atoms with E-state index in [1.807, 2.05) is 87.0 Å². The van der Waals surface area contributed by atoms with Crippen LogP contribution < -0.4 is 25.0 Å². The number of aromatic nitrogens is 9. The molecule has 13 rings (SSSR count). The maximum atomic E-state index is 16.2. The first-order valence-corrected chi connectivity index (χ1v) is 28.8. The Labute approximate surface area is 473 Å².